The second-order valence-corrected chi connectivity index (χ2v) is 4.52. The van der Waals surface area contributed by atoms with Gasteiger partial charge in [0.25, 0.3) is 0 Å². The lowest BCUT2D eigenvalue weighted by Gasteiger charge is -2.05. The number of Topliss-reactive ketones (excluding diaryl/α,β-unsaturated/α-hetero) is 1. The van der Waals surface area contributed by atoms with Crippen molar-refractivity contribution in [2.24, 2.45) is 0 Å². The quantitative estimate of drug-likeness (QED) is 0.768. The number of carbonyl (C=O) groups is 1. The third-order valence-corrected chi connectivity index (χ3v) is 3.00. The molecule has 0 spiro atoms. The highest BCUT2D eigenvalue weighted by atomic mass is 35.5. The summed E-state index contributed by atoms with van der Waals surface area (Å²) in [4.78, 5) is 11.5. The molecule has 0 unspecified atom stereocenters. The van der Waals surface area contributed by atoms with Gasteiger partial charge in [-0.2, -0.15) is 0 Å². The zero-order chi connectivity index (χ0) is 13.1. The van der Waals surface area contributed by atoms with Crippen LogP contribution in [0.15, 0.2) is 36.7 Å². The average Bonchev–Trinajstić information content (AvgIpc) is 2.80. The summed E-state index contributed by atoms with van der Waals surface area (Å²) in [5.74, 6) is -0.245. The van der Waals surface area contributed by atoms with Crippen molar-refractivity contribution in [1.29, 1.82) is 0 Å². The standard InChI is InChI=1S/C14H13ClFNO/c1-2-14(18)11-5-6-17(9-11)8-10-3-4-12(15)7-13(10)16/h3-7,9H,2,8H2,1H3. The third kappa shape index (κ3) is 2.79. The van der Waals surface area contributed by atoms with Crippen LogP contribution in [0.2, 0.25) is 5.02 Å². The number of carbonyl (C=O) groups excluding carboxylic acids is 1. The van der Waals surface area contributed by atoms with Gasteiger partial charge >= 0.3 is 0 Å². The fraction of sp³-hybridized carbons (Fsp3) is 0.214. The Balaban J connectivity index is 2.18. The third-order valence-electron chi connectivity index (χ3n) is 2.76. The first-order valence-corrected chi connectivity index (χ1v) is 6.11. The second kappa shape index (κ2) is 5.36. The predicted molar refractivity (Wildman–Crippen MR) is 69.6 cm³/mol. The maximum Gasteiger partial charge on any atom is 0.164 e. The van der Waals surface area contributed by atoms with Gasteiger partial charge in [-0.05, 0) is 18.2 Å². The zero-order valence-corrected chi connectivity index (χ0v) is 10.7. The van der Waals surface area contributed by atoms with E-state index in [0.717, 1.165) is 0 Å². The van der Waals surface area contributed by atoms with E-state index in [4.69, 9.17) is 11.6 Å². The summed E-state index contributed by atoms with van der Waals surface area (Å²) in [6.07, 6.45) is 3.98. The molecule has 1 aromatic heterocycles. The first-order valence-electron chi connectivity index (χ1n) is 5.73. The summed E-state index contributed by atoms with van der Waals surface area (Å²) in [5, 5.41) is 0.380. The maximum atomic E-state index is 13.6. The van der Waals surface area contributed by atoms with Crippen molar-refractivity contribution in [2.75, 3.05) is 0 Å². The van der Waals surface area contributed by atoms with Gasteiger partial charge in [0.15, 0.2) is 5.78 Å². The molecule has 0 radical (unpaired) electrons. The van der Waals surface area contributed by atoms with Crippen molar-refractivity contribution < 1.29 is 9.18 Å². The molecule has 0 aliphatic heterocycles. The summed E-state index contributed by atoms with van der Waals surface area (Å²) in [6, 6.07) is 6.35. The van der Waals surface area contributed by atoms with E-state index in [1.807, 2.05) is 6.92 Å². The molecular weight excluding hydrogens is 253 g/mol. The van der Waals surface area contributed by atoms with Gasteiger partial charge in [-0.3, -0.25) is 4.79 Å². The molecule has 0 N–H and O–H groups in total. The summed E-state index contributed by atoms with van der Waals surface area (Å²) in [7, 11) is 0. The Morgan fingerprint density at radius 3 is 2.83 bits per heavy atom. The highest BCUT2D eigenvalue weighted by Gasteiger charge is 2.07. The van der Waals surface area contributed by atoms with Gasteiger partial charge in [-0.15, -0.1) is 0 Å². The number of halogens is 2. The summed E-state index contributed by atoms with van der Waals surface area (Å²) in [6.45, 7) is 2.21. The van der Waals surface area contributed by atoms with E-state index in [1.54, 1.807) is 35.2 Å². The van der Waals surface area contributed by atoms with Crippen LogP contribution in [-0.2, 0) is 6.54 Å². The van der Waals surface area contributed by atoms with Gasteiger partial charge in [0.2, 0.25) is 0 Å². The molecule has 2 nitrogen and oxygen atoms in total. The molecule has 18 heavy (non-hydrogen) atoms. The van der Waals surface area contributed by atoms with Gasteiger partial charge in [-0.25, -0.2) is 4.39 Å². The van der Waals surface area contributed by atoms with E-state index in [0.29, 0.717) is 29.1 Å². The normalized spacial score (nSPS) is 10.6. The van der Waals surface area contributed by atoms with Gasteiger partial charge in [0.05, 0.1) is 0 Å². The van der Waals surface area contributed by atoms with Gasteiger partial charge < -0.3 is 4.57 Å². The van der Waals surface area contributed by atoms with E-state index >= 15 is 0 Å². The minimum absolute atomic E-state index is 0.0883. The number of rotatable bonds is 4. The largest absolute Gasteiger partial charge is 0.349 e. The molecule has 0 atom stereocenters. The van der Waals surface area contributed by atoms with E-state index in [1.165, 1.54) is 6.07 Å². The molecule has 94 valence electrons. The first-order chi connectivity index (χ1) is 8.60. The smallest absolute Gasteiger partial charge is 0.164 e. The van der Waals surface area contributed by atoms with Crippen LogP contribution in [0.4, 0.5) is 4.39 Å². The SMILES string of the molecule is CCC(=O)c1ccn(Cc2ccc(Cl)cc2F)c1. The van der Waals surface area contributed by atoms with Crippen molar-refractivity contribution in [3.63, 3.8) is 0 Å². The molecule has 0 bridgehead atoms. The van der Waals surface area contributed by atoms with Gasteiger partial charge in [0, 0.05) is 41.5 Å². The van der Waals surface area contributed by atoms with Crippen LogP contribution in [0.25, 0.3) is 0 Å². The average molecular weight is 266 g/mol. The predicted octanol–water partition coefficient (Wildman–Crippen LogP) is 3.92. The van der Waals surface area contributed by atoms with Crippen LogP contribution in [0, 0.1) is 5.82 Å². The Morgan fingerprint density at radius 1 is 1.39 bits per heavy atom. The summed E-state index contributed by atoms with van der Waals surface area (Å²) in [5.41, 5.74) is 1.21. The van der Waals surface area contributed by atoms with Gasteiger partial charge in [-0.1, -0.05) is 24.6 Å². The van der Waals surface area contributed by atoms with Crippen molar-refractivity contribution in [3.05, 3.63) is 58.6 Å². The van der Waals surface area contributed by atoms with Crippen molar-refractivity contribution in [2.45, 2.75) is 19.9 Å². The Hall–Kier alpha value is -1.61. The monoisotopic (exact) mass is 265 g/mol. The molecule has 0 fully saturated rings. The second-order valence-electron chi connectivity index (χ2n) is 4.08. The molecule has 2 rings (SSSR count). The van der Waals surface area contributed by atoms with E-state index in [2.05, 4.69) is 0 Å². The first kappa shape index (κ1) is 12.8. The highest BCUT2D eigenvalue weighted by molar-refractivity contribution is 6.30. The highest BCUT2D eigenvalue weighted by Crippen LogP contribution is 2.16. The molecule has 1 aromatic carbocycles. The van der Waals surface area contributed by atoms with Crippen molar-refractivity contribution in [1.82, 2.24) is 4.57 Å². The lowest BCUT2D eigenvalue weighted by atomic mass is 10.2. The molecule has 0 saturated carbocycles. The number of hydrogen-bond acceptors (Lipinski definition) is 1. The lowest BCUT2D eigenvalue weighted by Crippen LogP contribution is -2.00. The van der Waals surface area contributed by atoms with Crippen LogP contribution in [0.3, 0.4) is 0 Å². The number of aromatic nitrogens is 1. The van der Waals surface area contributed by atoms with Crippen LogP contribution in [0.1, 0.15) is 29.3 Å². The summed E-state index contributed by atoms with van der Waals surface area (Å²) >= 11 is 5.69. The molecule has 1 heterocycles. The van der Waals surface area contributed by atoms with Gasteiger partial charge in [0.1, 0.15) is 5.82 Å². The number of ketones is 1. The number of hydrogen-bond donors (Lipinski definition) is 0. The van der Waals surface area contributed by atoms with Crippen molar-refractivity contribution in [3.8, 4) is 0 Å². The Labute approximate surface area is 110 Å². The summed E-state index contributed by atoms with van der Waals surface area (Å²) < 4.78 is 15.4. The van der Waals surface area contributed by atoms with E-state index in [9.17, 15) is 9.18 Å². The Bertz CT molecular complexity index is 577. The minimum Gasteiger partial charge on any atom is -0.349 e. The van der Waals surface area contributed by atoms with E-state index in [-0.39, 0.29) is 11.6 Å². The van der Waals surface area contributed by atoms with Crippen LogP contribution in [-0.4, -0.2) is 10.4 Å². The molecule has 0 aliphatic rings. The molecule has 0 amide bonds. The topological polar surface area (TPSA) is 22.0 Å². The molecule has 0 saturated heterocycles. The van der Waals surface area contributed by atoms with Crippen LogP contribution < -0.4 is 0 Å². The molecule has 4 heteroatoms. The minimum atomic E-state index is -0.334. The molecule has 0 aliphatic carbocycles. The molecule has 2 aromatic rings. The number of benzene rings is 1. The zero-order valence-electron chi connectivity index (χ0n) is 9.99. The fourth-order valence-electron chi connectivity index (χ4n) is 1.75. The Morgan fingerprint density at radius 2 is 2.17 bits per heavy atom. The maximum absolute atomic E-state index is 13.6. The lowest BCUT2D eigenvalue weighted by molar-refractivity contribution is 0.0988. The van der Waals surface area contributed by atoms with Crippen LogP contribution >= 0.6 is 11.6 Å². The van der Waals surface area contributed by atoms with E-state index < -0.39 is 0 Å². The molecular formula is C14H13ClFNO. The number of nitrogens with zero attached hydrogens (tertiary/aromatic N) is 1. The fourth-order valence-corrected chi connectivity index (χ4v) is 1.91. The van der Waals surface area contributed by atoms with Crippen molar-refractivity contribution >= 4 is 17.4 Å². The Kier molecular flexibility index (Phi) is 3.82. The van der Waals surface area contributed by atoms with Crippen LogP contribution in [0.5, 0.6) is 0 Å².